The van der Waals surface area contributed by atoms with E-state index in [2.05, 4.69) is 9.97 Å². The highest BCUT2D eigenvalue weighted by molar-refractivity contribution is 6.63. The Kier molecular flexibility index (Phi) is 4.60. The molecule has 3 rings (SSSR count). The monoisotopic (exact) mass is 348 g/mol. The first kappa shape index (κ1) is 15.5. The fraction of sp³-hybridized carbons (Fsp3) is 0.0625. The minimum absolute atomic E-state index is 0.180. The van der Waals surface area contributed by atoms with Crippen LogP contribution in [0.2, 0.25) is 5.02 Å². The maximum absolute atomic E-state index is 10.6. The molecule has 0 saturated heterocycles. The second-order valence-electron chi connectivity index (χ2n) is 4.56. The van der Waals surface area contributed by atoms with Crippen molar-refractivity contribution >= 4 is 39.5 Å². The quantitative estimate of drug-likeness (QED) is 0.646. The molecule has 0 fully saturated rings. The molecule has 0 aliphatic heterocycles. The van der Waals surface area contributed by atoms with Crippen molar-refractivity contribution in [2.45, 2.75) is 0 Å². The van der Waals surface area contributed by atoms with Crippen LogP contribution in [0.15, 0.2) is 48.7 Å². The third kappa shape index (κ3) is 4.09. The van der Waals surface area contributed by atoms with Crippen molar-refractivity contribution in [1.29, 1.82) is 0 Å². The van der Waals surface area contributed by atoms with Crippen LogP contribution in [0.25, 0.3) is 11.0 Å². The predicted molar refractivity (Wildman–Crippen MR) is 87.4 cm³/mol. The number of hydrogen-bond acceptors (Lipinski definition) is 5. The van der Waals surface area contributed by atoms with Gasteiger partial charge in [-0.1, -0.05) is 11.6 Å². The first-order chi connectivity index (χ1) is 11.1. The van der Waals surface area contributed by atoms with Crippen molar-refractivity contribution < 1.29 is 14.3 Å². The Balaban J connectivity index is 1.73. The van der Waals surface area contributed by atoms with Gasteiger partial charge in [0.05, 0.1) is 17.2 Å². The maximum atomic E-state index is 10.6. The third-order valence-electron chi connectivity index (χ3n) is 2.88. The van der Waals surface area contributed by atoms with Gasteiger partial charge in [-0.25, -0.2) is 9.97 Å². The lowest BCUT2D eigenvalue weighted by atomic mass is 10.3. The first-order valence-corrected chi connectivity index (χ1v) is 7.37. The smallest absolute Gasteiger partial charge is 0.259 e. The van der Waals surface area contributed by atoms with E-state index in [0.29, 0.717) is 33.4 Å². The van der Waals surface area contributed by atoms with Crippen molar-refractivity contribution in [2.75, 3.05) is 6.61 Å². The number of ether oxygens (including phenoxy) is 2. The molecule has 116 valence electrons. The molecule has 0 N–H and O–H groups in total. The third-order valence-corrected chi connectivity index (χ3v) is 3.22. The van der Waals surface area contributed by atoms with E-state index in [1.807, 2.05) is 0 Å². The average molecular weight is 349 g/mol. The molecule has 0 amide bonds. The van der Waals surface area contributed by atoms with Gasteiger partial charge in [0.1, 0.15) is 11.5 Å². The van der Waals surface area contributed by atoms with Crippen molar-refractivity contribution in [3.8, 4) is 17.4 Å². The molecule has 0 aliphatic rings. The van der Waals surface area contributed by atoms with Gasteiger partial charge in [-0.15, -0.1) is 0 Å². The first-order valence-electron chi connectivity index (χ1n) is 6.61. The number of benzene rings is 2. The molecule has 2 aromatic carbocycles. The Bertz CT molecular complexity index is 854. The van der Waals surface area contributed by atoms with Crippen LogP contribution in [0, 0.1) is 0 Å². The van der Waals surface area contributed by atoms with Gasteiger partial charge in [0.15, 0.2) is 6.61 Å². The molecule has 23 heavy (non-hydrogen) atoms. The highest BCUT2D eigenvalue weighted by Gasteiger charge is 2.04. The SMILES string of the molecule is O=C(Cl)COc1ccc(Oc2cnc3cc(Cl)ccc3n2)cc1. The summed E-state index contributed by atoms with van der Waals surface area (Å²) in [6, 6.07) is 12.0. The molecule has 3 aromatic rings. The van der Waals surface area contributed by atoms with Crippen molar-refractivity contribution in [3.63, 3.8) is 0 Å². The molecule has 0 radical (unpaired) electrons. The molecule has 0 aliphatic carbocycles. The van der Waals surface area contributed by atoms with E-state index in [1.54, 1.807) is 42.5 Å². The predicted octanol–water partition coefficient (Wildman–Crippen LogP) is 4.22. The minimum atomic E-state index is -0.558. The number of carbonyl (C=O) groups is 1. The Labute approximate surface area is 141 Å². The van der Waals surface area contributed by atoms with E-state index >= 15 is 0 Å². The lowest BCUT2D eigenvalue weighted by molar-refractivity contribution is -0.113. The number of fused-ring (bicyclic) bond motifs is 1. The molecule has 0 bridgehead atoms. The molecule has 1 aromatic heterocycles. The number of halogens is 2. The largest absolute Gasteiger partial charge is 0.484 e. The number of nitrogens with zero attached hydrogens (tertiary/aromatic N) is 2. The van der Waals surface area contributed by atoms with E-state index < -0.39 is 5.24 Å². The lowest BCUT2D eigenvalue weighted by Gasteiger charge is -2.07. The fourth-order valence-corrected chi connectivity index (χ4v) is 2.10. The maximum Gasteiger partial charge on any atom is 0.259 e. The van der Waals surface area contributed by atoms with Gasteiger partial charge in [-0.05, 0) is 54.1 Å². The van der Waals surface area contributed by atoms with Crippen LogP contribution < -0.4 is 9.47 Å². The number of rotatable bonds is 5. The topological polar surface area (TPSA) is 61.3 Å². The zero-order valence-electron chi connectivity index (χ0n) is 11.7. The van der Waals surface area contributed by atoms with Crippen LogP contribution >= 0.6 is 23.2 Å². The molecule has 1 heterocycles. The van der Waals surface area contributed by atoms with Crippen molar-refractivity contribution in [1.82, 2.24) is 9.97 Å². The molecule has 0 saturated carbocycles. The van der Waals surface area contributed by atoms with Crippen molar-refractivity contribution in [2.24, 2.45) is 0 Å². The van der Waals surface area contributed by atoms with Crippen LogP contribution in [0.4, 0.5) is 0 Å². The fourth-order valence-electron chi connectivity index (χ4n) is 1.88. The van der Waals surface area contributed by atoms with Crippen LogP contribution in [0.1, 0.15) is 0 Å². The number of aromatic nitrogens is 2. The highest BCUT2D eigenvalue weighted by atomic mass is 35.5. The van der Waals surface area contributed by atoms with E-state index in [-0.39, 0.29) is 6.61 Å². The van der Waals surface area contributed by atoms with Crippen molar-refractivity contribution in [3.05, 3.63) is 53.7 Å². The highest BCUT2D eigenvalue weighted by Crippen LogP contribution is 2.24. The van der Waals surface area contributed by atoms with E-state index in [0.717, 1.165) is 0 Å². The number of carbonyl (C=O) groups excluding carboxylic acids is 1. The van der Waals surface area contributed by atoms with Gasteiger partial charge in [0.25, 0.3) is 5.24 Å². The molecule has 5 nitrogen and oxygen atoms in total. The second-order valence-corrected chi connectivity index (χ2v) is 5.42. The van der Waals surface area contributed by atoms with Gasteiger partial charge in [-0.2, -0.15) is 0 Å². The summed E-state index contributed by atoms with van der Waals surface area (Å²) in [4.78, 5) is 19.3. The van der Waals surface area contributed by atoms with Crippen LogP contribution in [0.5, 0.6) is 17.4 Å². The van der Waals surface area contributed by atoms with E-state index in [4.69, 9.17) is 32.7 Å². The summed E-state index contributed by atoms with van der Waals surface area (Å²) in [5, 5.41) is 0.0448. The summed E-state index contributed by atoms with van der Waals surface area (Å²) in [5.41, 5.74) is 1.38. The Morgan fingerprint density at radius 2 is 1.78 bits per heavy atom. The molecule has 0 atom stereocenters. The van der Waals surface area contributed by atoms with Gasteiger partial charge >= 0.3 is 0 Å². The summed E-state index contributed by atoms with van der Waals surface area (Å²) in [6.45, 7) is -0.180. The Morgan fingerprint density at radius 3 is 2.52 bits per heavy atom. The Morgan fingerprint density at radius 1 is 1.04 bits per heavy atom. The lowest BCUT2D eigenvalue weighted by Crippen LogP contribution is -2.04. The summed E-state index contributed by atoms with van der Waals surface area (Å²) in [6.07, 6.45) is 1.52. The molecule has 7 heteroatoms. The molecule has 0 unspecified atom stereocenters. The molecular formula is C16H10Cl2N2O3. The molecular weight excluding hydrogens is 339 g/mol. The van der Waals surface area contributed by atoms with Gasteiger partial charge in [0.2, 0.25) is 5.88 Å². The normalized spacial score (nSPS) is 10.5. The van der Waals surface area contributed by atoms with Crippen LogP contribution in [-0.2, 0) is 4.79 Å². The minimum Gasteiger partial charge on any atom is -0.484 e. The molecule has 0 spiro atoms. The van der Waals surface area contributed by atoms with E-state index in [9.17, 15) is 4.79 Å². The summed E-state index contributed by atoms with van der Waals surface area (Å²) in [5.74, 6) is 1.45. The standard InChI is InChI=1S/C16H10Cl2N2O3/c17-10-1-6-13-14(7-10)19-8-16(20-13)23-12-4-2-11(3-5-12)22-9-15(18)21/h1-8H,9H2. The summed E-state index contributed by atoms with van der Waals surface area (Å²) < 4.78 is 10.8. The van der Waals surface area contributed by atoms with Crippen LogP contribution in [0.3, 0.4) is 0 Å². The average Bonchev–Trinajstić information content (AvgIpc) is 2.54. The zero-order valence-corrected chi connectivity index (χ0v) is 13.2. The summed E-state index contributed by atoms with van der Waals surface area (Å²) >= 11 is 11.1. The van der Waals surface area contributed by atoms with Gasteiger partial charge < -0.3 is 9.47 Å². The van der Waals surface area contributed by atoms with Crippen LogP contribution in [-0.4, -0.2) is 21.8 Å². The Hall–Kier alpha value is -2.37. The second kappa shape index (κ2) is 6.81. The zero-order chi connectivity index (χ0) is 16.2. The summed E-state index contributed by atoms with van der Waals surface area (Å²) in [7, 11) is 0. The van der Waals surface area contributed by atoms with E-state index in [1.165, 1.54) is 6.20 Å². The van der Waals surface area contributed by atoms with Gasteiger partial charge in [-0.3, -0.25) is 4.79 Å². The van der Waals surface area contributed by atoms with Gasteiger partial charge in [0, 0.05) is 5.02 Å². The number of hydrogen-bond donors (Lipinski definition) is 0.